The Balaban J connectivity index is 2.01. The molecule has 0 aromatic heterocycles. The van der Waals surface area contributed by atoms with Crippen LogP contribution in [0.2, 0.25) is 0 Å². The van der Waals surface area contributed by atoms with E-state index in [1.54, 1.807) is 7.11 Å². The third-order valence-electron chi connectivity index (χ3n) is 3.46. The van der Waals surface area contributed by atoms with E-state index in [1.807, 2.05) is 61.5 Å². The summed E-state index contributed by atoms with van der Waals surface area (Å²) in [6, 6.07) is 17.8. The lowest BCUT2D eigenvalue weighted by Gasteiger charge is -2.23. The van der Waals surface area contributed by atoms with Gasteiger partial charge in [0.2, 0.25) is 0 Å². The molecule has 1 N–H and O–H groups in total. The smallest absolute Gasteiger partial charge is 0.118 e. The normalized spacial score (nSPS) is 13.8. The molecule has 100 valence electrons. The van der Waals surface area contributed by atoms with Gasteiger partial charge in [-0.15, -0.1) is 0 Å². The summed E-state index contributed by atoms with van der Waals surface area (Å²) >= 11 is 0. The zero-order chi connectivity index (χ0) is 13.7. The Kier molecular flexibility index (Phi) is 4.23. The number of aryl methyl sites for hydroxylation is 1. The summed E-state index contributed by atoms with van der Waals surface area (Å²) in [6.45, 7) is 1.87. The topological polar surface area (TPSA) is 29.5 Å². The second kappa shape index (κ2) is 5.89. The van der Waals surface area contributed by atoms with Gasteiger partial charge in [0.05, 0.1) is 12.7 Å². The molecular weight excluding hydrogens is 236 g/mol. The minimum absolute atomic E-state index is 0.698. The third kappa shape index (κ3) is 3.58. The van der Waals surface area contributed by atoms with Crippen molar-refractivity contribution in [1.29, 1.82) is 0 Å². The van der Waals surface area contributed by atoms with Crippen LogP contribution in [0.15, 0.2) is 54.6 Å². The summed E-state index contributed by atoms with van der Waals surface area (Å²) in [5.41, 5.74) is 1.38. The van der Waals surface area contributed by atoms with Crippen molar-refractivity contribution in [3.8, 4) is 5.75 Å². The molecule has 0 saturated heterocycles. The zero-order valence-electron chi connectivity index (χ0n) is 11.5. The van der Waals surface area contributed by atoms with Crippen molar-refractivity contribution >= 4 is 0 Å². The van der Waals surface area contributed by atoms with E-state index in [2.05, 4.69) is 0 Å². The number of benzene rings is 2. The van der Waals surface area contributed by atoms with Crippen molar-refractivity contribution in [2.75, 3.05) is 7.11 Å². The Bertz CT molecular complexity index is 501. The van der Waals surface area contributed by atoms with Crippen molar-refractivity contribution in [3.05, 3.63) is 65.7 Å². The third-order valence-corrected chi connectivity index (χ3v) is 3.46. The van der Waals surface area contributed by atoms with Crippen LogP contribution in [0.25, 0.3) is 0 Å². The summed E-state index contributed by atoms with van der Waals surface area (Å²) in [5, 5.41) is 10.5. The van der Waals surface area contributed by atoms with Gasteiger partial charge in [-0.3, -0.25) is 0 Å². The van der Waals surface area contributed by atoms with Gasteiger partial charge >= 0.3 is 0 Å². The van der Waals surface area contributed by atoms with Gasteiger partial charge in [0, 0.05) is 0 Å². The van der Waals surface area contributed by atoms with Crippen LogP contribution in [0.1, 0.15) is 24.5 Å². The van der Waals surface area contributed by atoms with Gasteiger partial charge in [0.1, 0.15) is 5.75 Å². The fourth-order valence-electron chi connectivity index (χ4n) is 2.12. The van der Waals surface area contributed by atoms with Crippen LogP contribution in [-0.2, 0) is 12.0 Å². The van der Waals surface area contributed by atoms with Gasteiger partial charge < -0.3 is 9.84 Å². The van der Waals surface area contributed by atoms with Crippen molar-refractivity contribution in [2.24, 2.45) is 0 Å². The number of aliphatic hydroxyl groups is 1. The first-order valence-corrected chi connectivity index (χ1v) is 6.53. The first-order valence-electron chi connectivity index (χ1n) is 6.53. The van der Waals surface area contributed by atoms with E-state index in [4.69, 9.17) is 4.74 Å². The summed E-state index contributed by atoms with van der Waals surface area (Å²) in [6.07, 6.45) is 1.54. The van der Waals surface area contributed by atoms with Crippen LogP contribution in [0, 0.1) is 0 Å². The minimum Gasteiger partial charge on any atom is -0.497 e. The molecule has 0 unspecified atom stereocenters. The highest BCUT2D eigenvalue weighted by molar-refractivity contribution is 5.28. The molecule has 0 spiro atoms. The molecule has 1 atom stereocenters. The molecule has 2 rings (SSSR count). The van der Waals surface area contributed by atoms with Gasteiger partial charge in [-0.1, -0.05) is 42.5 Å². The molecule has 0 aliphatic rings. The zero-order valence-corrected chi connectivity index (χ0v) is 11.5. The lowest BCUT2D eigenvalue weighted by atomic mass is 9.89. The van der Waals surface area contributed by atoms with Gasteiger partial charge in [-0.25, -0.2) is 0 Å². The van der Waals surface area contributed by atoms with E-state index in [-0.39, 0.29) is 0 Å². The second-order valence-electron chi connectivity index (χ2n) is 4.99. The fraction of sp³-hybridized carbons (Fsp3) is 0.294. The van der Waals surface area contributed by atoms with Crippen LogP contribution < -0.4 is 4.74 Å². The van der Waals surface area contributed by atoms with Gasteiger partial charge in [0.15, 0.2) is 0 Å². The summed E-state index contributed by atoms with van der Waals surface area (Å²) in [5.74, 6) is 0.860. The quantitative estimate of drug-likeness (QED) is 0.886. The molecule has 2 heteroatoms. The maximum absolute atomic E-state index is 10.5. The number of hydrogen-bond donors (Lipinski definition) is 1. The molecule has 0 heterocycles. The molecule has 0 aliphatic heterocycles. The van der Waals surface area contributed by atoms with E-state index in [1.165, 1.54) is 5.56 Å². The average Bonchev–Trinajstić information content (AvgIpc) is 2.47. The predicted octanol–water partition coefficient (Wildman–Crippen LogP) is 3.54. The molecule has 0 amide bonds. The van der Waals surface area contributed by atoms with Crippen LogP contribution in [0.3, 0.4) is 0 Å². The molecule has 0 saturated carbocycles. The Morgan fingerprint density at radius 3 is 2.21 bits per heavy atom. The van der Waals surface area contributed by atoms with Gasteiger partial charge in [-0.2, -0.15) is 0 Å². The molecule has 0 aliphatic carbocycles. The molecule has 2 nitrogen and oxygen atoms in total. The molecule has 19 heavy (non-hydrogen) atoms. The average molecular weight is 256 g/mol. The van der Waals surface area contributed by atoms with E-state index in [9.17, 15) is 5.11 Å². The monoisotopic (exact) mass is 256 g/mol. The van der Waals surface area contributed by atoms with Crippen molar-refractivity contribution < 1.29 is 9.84 Å². The van der Waals surface area contributed by atoms with E-state index >= 15 is 0 Å². The van der Waals surface area contributed by atoms with Gasteiger partial charge in [-0.05, 0) is 43.0 Å². The maximum Gasteiger partial charge on any atom is 0.118 e. The number of hydrogen-bond acceptors (Lipinski definition) is 2. The highest BCUT2D eigenvalue weighted by Crippen LogP contribution is 2.26. The highest BCUT2D eigenvalue weighted by atomic mass is 16.5. The predicted molar refractivity (Wildman–Crippen MR) is 77.3 cm³/mol. The molecule has 2 aromatic rings. The standard InChI is InChI=1S/C17H20O2/c1-17(18,15-6-4-3-5-7-15)13-12-14-8-10-16(19-2)11-9-14/h3-11,18H,12-13H2,1-2H3/t17-/m1/s1. The SMILES string of the molecule is COc1ccc(CC[C@@](C)(O)c2ccccc2)cc1. The van der Waals surface area contributed by atoms with Crippen molar-refractivity contribution in [2.45, 2.75) is 25.4 Å². The molecule has 0 radical (unpaired) electrons. The van der Waals surface area contributed by atoms with E-state index in [0.717, 1.165) is 17.7 Å². The Hall–Kier alpha value is -1.80. The van der Waals surface area contributed by atoms with E-state index < -0.39 is 5.60 Å². The summed E-state index contributed by atoms with van der Waals surface area (Å²) in [7, 11) is 1.66. The number of methoxy groups -OCH3 is 1. The van der Waals surface area contributed by atoms with Crippen molar-refractivity contribution in [3.63, 3.8) is 0 Å². The first kappa shape index (κ1) is 13.6. The molecular formula is C17H20O2. The Labute approximate surface area is 114 Å². The molecule has 2 aromatic carbocycles. The molecule has 0 bridgehead atoms. The lowest BCUT2D eigenvalue weighted by molar-refractivity contribution is 0.0480. The summed E-state index contributed by atoms with van der Waals surface area (Å²) < 4.78 is 5.13. The maximum atomic E-state index is 10.5. The van der Waals surface area contributed by atoms with Crippen LogP contribution in [0.4, 0.5) is 0 Å². The largest absolute Gasteiger partial charge is 0.497 e. The van der Waals surface area contributed by atoms with Crippen LogP contribution in [-0.4, -0.2) is 12.2 Å². The first-order chi connectivity index (χ1) is 9.12. The Morgan fingerprint density at radius 1 is 1.00 bits per heavy atom. The molecule has 0 fully saturated rings. The van der Waals surface area contributed by atoms with E-state index in [0.29, 0.717) is 6.42 Å². The number of rotatable bonds is 5. The minimum atomic E-state index is -0.790. The van der Waals surface area contributed by atoms with Crippen LogP contribution in [0.5, 0.6) is 5.75 Å². The van der Waals surface area contributed by atoms with Crippen LogP contribution >= 0.6 is 0 Å². The highest BCUT2D eigenvalue weighted by Gasteiger charge is 2.22. The van der Waals surface area contributed by atoms with Gasteiger partial charge in [0.25, 0.3) is 0 Å². The van der Waals surface area contributed by atoms with Crippen molar-refractivity contribution in [1.82, 2.24) is 0 Å². The second-order valence-corrected chi connectivity index (χ2v) is 4.99. The number of ether oxygens (including phenoxy) is 1. The summed E-state index contributed by atoms with van der Waals surface area (Å²) in [4.78, 5) is 0. The lowest BCUT2D eigenvalue weighted by Crippen LogP contribution is -2.21. The fourth-order valence-corrected chi connectivity index (χ4v) is 2.12. The Morgan fingerprint density at radius 2 is 1.63 bits per heavy atom.